The molecule has 0 aromatic heterocycles. The van der Waals surface area contributed by atoms with Gasteiger partial charge in [0.25, 0.3) is 0 Å². The van der Waals surface area contributed by atoms with Gasteiger partial charge in [0.05, 0.1) is 5.41 Å². The summed E-state index contributed by atoms with van der Waals surface area (Å²) in [5.74, 6) is 0.121. The SMILES string of the molecule is O=C1NCC(c2ccccc2)C12CCN(C1(c3cccc(OC(F)(F)F)c3)CCCCC1)CC2. The fraction of sp³-hybridized carbons (Fsp3) is 0.519. The van der Waals surface area contributed by atoms with Crippen LogP contribution >= 0.6 is 0 Å². The van der Waals surface area contributed by atoms with Crippen molar-refractivity contribution < 1.29 is 22.7 Å². The smallest absolute Gasteiger partial charge is 0.406 e. The molecule has 7 heteroatoms. The molecular formula is C27H31F3N2O2. The third-order valence-corrected chi connectivity index (χ3v) is 8.33. The largest absolute Gasteiger partial charge is 0.573 e. The van der Waals surface area contributed by atoms with E-state index in [4.69, 9.17) is 0 Å². The normalized spacial score (nSPS) is 24.7. The van der Waals surface area contributed by atoms with E-state index in [1.54, 1.807) is 12.1 Å². The van der Waals surface area contributed by atoms with E-state index in [0.29, 0.717) is 6.54 Å². The lowest BCUT2D eigenvalue weighted by molar-refractivity contribution is -0.274. The molecule has 0 radical (unpaired) electrons. The third-order valence-electron chi connectivity index (χ3n) is 8.33. The van der Waals surface area contributed by atoms with Crippen LogP contribution in [0.4, 0.5) is 13.2 Å². The lowest BCUT2D eigenvalue weighted by Crippen LogP contribution is -2.54. The number of likely N-dealkylation sites (tertiary alicyclic amines) is 1. The van der Waals surface area contributed by atoms with Crippen molar-refractivity contribution in [3.05, 3.63) is 65.7 Å². The average Bonchev–Trinajstić information content (AvgIpc) is 3.15. The molecule has 5 rings (SSSR count). The number of hydrogen-bond donors (Lipinski definition) is 1. The van der Waals surface area contributed by atoms with E-state index in [9.17, 15) is 18.0 Å². The molecule has 3 fully saturated rings. The molecule has 3 aliphatic rings. The molecule has 34 heavy (non-hydrogen) atoms. The zero-order valence-corrected chi connectivity index (χ0v) is 19.2. The fourth-order valence-electron chi connectivity index (χ4n) is 6.66. The van der Waals surface area contributed by atoms with Crippen molar-refractivity contribution in [3.8, 4) is 5.75 Å². The summed E-state index contributed by atoms with van der Waals surface area (Å²) >= 11 is 0. The van der Waals surface area contributed by atoms with Gasteiger partial charge in [0, 0.05) is 31.1 Å². The molecule has 2 aliphatic heterocycles. The Balaban J connectivity index is 1.42. The highest BCUT2D eigenvalue weighted by Crippen LogP contribution is 2.51. The molecule has 1 N–H and O–H groups in total. The number of alkyl halides is 3. The Hall–Kier alpha value is -2.54. The zero-order chi connectivity index (χ0) is 23.8. The lowest BCUT2D eigenvalue weighted by atomic mass is 9.66. The van der Waals surface area contributed by atoms with E-state index in [-0.39, 0.29) is 23.1 Å². The zero-order valence-electron chi connectivity index (χ0n) is 19.2. The number of amides is 1. The van der Waals surface area contributed by atoms with Crippen molar-refractivity contribution in [1.82, 2.24) is 10.2 Å². The van der Waals surface area contributed by atoms with Crippen LogP contribution in [0.5, 0.6) is 5.75 Å². The highest BCUT2D eigenvalue weighted by molar-refractivity contribution is 5.86. The van der Waals surface area contributed by atoms with Gasteiger partial charge >= 0.3 is 6.36 Å². The lowest BCUT2D eigenvalue weighted by Gasteiger charge is -2.52. The number of benzene rings is 2. The summed E-state index contributed by atoms with van der Waals surface area (Å²) in [7, 11) is 0. The van der Waals surface area contributed by atoms with Crippen LogP contribution in [0.1, 0.15) is 62.0 Å². The van der Waals surface area contributed by atoms with Gasteiger partial charge in [-0.2, -0.15) is 0 Å². The number of carbonyl (C=O) groups excluding carboxylic acids is 1. The number of carbonyl (C=O) groups is 1. The number of nitrogens with zero attached hydrogens (tertiary/aromatic N) is 1. The highest BCUT2D eigenvalue weighted by Gasteiger charge is 2.54. The quantitative estimate of drug-likeness (QED) is 0.617. The van der Waals surface area contributed by atoms with Gasteiger partial charge in [-0.1, -0.05) is 61.7 Å². The number of halogens is 3. The minimum absolute atomic E-state index is 0.138. The second kappa shape index (κ2) is 8.91. The van der Waals surface area contributed by atoms with Crippen molar-refractivity contribution in [2.45, 2.75) is 62.8 Å². The summed E-state index contributed by atoms with van der Waals surface area (Å²) in [5.41, 5.74) is 1.34. The molecule has 1 spiro atoms. The van der Waals surface area contributed by atoms with Gasteiger partial charge in [0.15, 0.2) is 0 Å². The van der Waals surface area contributed by atoms with Crippen LogP contribution in [-0.2, 0) is 10.3 Å². The van der Waals surface area contributed by atoms with Gasteiger partial charge < -0.3 is 10.1 Å². The molecule has 2 heterocycles. The topological polar surface area (TPSA) is 41.6 Å². The molecule has 1 amide bonds. The van der Waals surface area contributed by atoms with Gasteiger partial charge in [0.2, 0.25) is 5.91 Å². The number of rotatable bonds is 4. The maximum atomic E-state index is 13.1. The van der Waals surface area contributed by atoms with Crippen LogP contribution in [-0.4, -0.2) is 36.8 Å². The predicted octanol–water partition coefficient (Wildman–Crippen LogP) is 5.74. The monoisotopic (exact) mass is 472 g/mol. The van der Waals surface area contributed by atoms with Crippen LogP contribution in [0.2, 0.25) is 0 Å². The molecule has 0 bridgehead atoms. The van der Waals surface area contributed by atoms with Gasteiger partial charge in [0.1, 0.15) is 5.75 Å². The van der Waals surface area contributed by atoms with Gasteiger partial charge in [-0.05, 0) is 48.9 Å². The molecule has 1 atom stereocenters. The minimum Gasteiger partial charge on any atom is -0.406 e. The Bertz CT molecular complexity index is 1010. The highest BCUT2D eigenvalue weighted by atomic mass is 19.4. The first kappa shape index (κ1) is 23.2. The van der Waals surface area contributed by atoms with Crippen LogP contribution in [0, 0.1) is 5.41 Å². The van der Waals surface area contributed by atoms with Gasteiger partial charge in [-0.3, -0.25) is 9.69 Å². The second-order valence-corrected chi connectivity index (χ2v) is 9.98. The first-order valence-electron chi connectivity index (χ1n) is 12.3. The Morgan fingerprint density at radius 1 is 0.912 bits per heavy atom. The first-order valence-corrected chi connectivity index (χ1v) is 12.3. The van der Waals surface area contributed by atoms with Crippen LogP contribution < -0.4 is 10.1 Å². The standard InChI is InChI=1S/C27H31F3N2O2/c28-27(29,30)34-22-11-7-10-21(18-22)26(12-5-2-6-13-26)32-16-14-25(15-17-32)23(19-31-24(25)33)20-8-3-1-4-9-20/h1,3-4,7-11,18,23H,2,5-6,12-17,19H2,(H,31,33). The van der Waals surface area contributed by atoms with E-state index in [1.165, 1.54) is 11.6 Å². The van der Waals surface area contributed by atoms with Crippen LogP contribution in [0.15, 0.2) is 54.6 Å². The van der Waals surface area contributed by atoms with Crippen molar-refractivity contribution in [3.63, 3.8) is 0 Å². The molecule has 1 saturated carbocycles. The minimum atomic E-state index is -4.71. The molecule has 182 valence electrons. The van der Waals surface area contributed by atoms with E-state index >= 15 is 0 Å². The molecule has 1 unspecified atom stereocenters. The Morgan fingerprint density at radius 2 is 1.62 bits per heavy atom. The van der Waals surface area contributed by atoms with E-state index in [1.807, 2.05) is 24.3 Å². The Kier molecular flexibility index (Phi) is 6.09. The molecule has 2 saturated heterocycles. The number of nitrogens with one attached hydrogen (secondary N) is 1. The maximum absolute atomic E-state index is 13.1. The van der Waals surface area contributed by atoms with E-state index < -0.39 is 11.8 Å². The number of piperidine rings is 1. The molecular weight excluding hydrogens is 441 g/mol. The van der Waals surface area contributed by atoms with E-state index in [2.05, 4.69) is 27.1 Å². The molecule has 1 aliphatic carbocycles. The van der Waals surface area contributed by atoms with E-state index in [0.717, 1.165) is 63.6 Å². The summed E-state index contributed by atoms with van der Waals surface area (Å²) in [4.78, 5) is 15.5. The van der Waals surface area contributed by atoms with Crippen LogP contribution in [0.25, 0.3) is 0 Å². The Labute approximate surface area is 198 Å². The summed E-state index contributed by atoms with van der Waals surface area (Å²) < 4.78 is 42.9. The summed E-state index contributed by atoms with van der Waals surface area (Å²) in [6.45, 7) is 2.16. The van der Waals surface area contributed by atoms with Crippen molar-refractivity contribution in [2.24, 2.45) is 5.41 Å². The molecule has 2 aromatic rings. The summed E-state index contributed by atoms with van der Waals surface area (Å²) in [6.07, 6.45) is 1.82. The summed E-state index contributed by atoms with van der Waals surface area (Å²) in [6, 6.07) is 16.8. The average molecular weight is 473 g/mol. The predicted molar refractivity (Wildman–Crippen MR) is 123 cm³/mol. The second-order valence-electron chi connectivity index (χ2n) is 9.98. The first-order chi connectivity index (χ1) is 16.3. The van der Waals surface area contributed by atoms with Gasteiger partial charge in [-0.25, -0.2) is 0 Å². The Morgan fingerprint density at radius 3 is 2.29 bits per heavy atom. The molecule has 2 aromatic carbocycles. The van der Waals surface area contributed by atoms with Crippen LogP contribution in [0.3, 0.4) is 0 Å². The van der Waals surface area contributed by atoms with Crippen molar-refractivity contribution in [1.29, 1.82) is 0 Å². The number of ether oxygens (including phenoxy) is 1. The van der Waals surface area contributed by atoms with Gasteiger partial charge in [-0.15, -0.1) is 13.2 Å². The summed E-state index contributed by atoms with van der Waals surface area (Å²) in [5, 5.41) is 3.11. The maximum Gasteiger partial charge on any atom is 0.573 e. The van der Waals surface area contributed by atoms with Crippen molar-refractivity contribution in [2.75, 3.05) is 19.6 Å². The number of hydrogen-bond acceptors (Lipinski definition) is 3. The molecule has 4 nitrogen and oxygen atoms in total. The third kappa shape index (κ3) is 4.19. The fourth-order valence-corrected chi connectivity index (χ4v) is 6.66. The van der Waals surface area contributed by atoms with Crippen molar-refractivity contribution >= 4 is 5.91 Å².